The minimum absolute atomic E-state index is 0.305. The van der Waals surface area contributed by atoms with Crippen molar-refractivity contribution in [1.82, 2.24) is 0 Å². The molecule has 0 unspecified atom stereocenters. The van der Waals surface area contributed by atoms with Gasteiger partial charge in [0.25, 0.3) is 0 Å². The lowest BCUT2D eigenvalue weighted by Crippen LogP contribution is -2.18. The molecule has 189 valence electrons. The van der Waals surface area contributed by atoms with Crippen molar-refractivity contribution in [2.24, 2.45) is 0 Å². The highest BCUT2D eigenvalue weighted by Gasteiger charge is 2.22. The Labute approximate surface area is 209 Å². The average molecular weight is 480 g/mol. The fraction of sp³-hybridized carbons (Fsp3) is 0.778. The summed E-state index contributed by atoms with van der Waals surface area (Å²) in [7, 11) is 0. The van der Waals surface area contributed by atoms with Crippen molar-refractivity contribution in [3.63, 3.8) is 0 Å². The molecule has 0 bridgehead atoms. The third-order valence-electron chi connectivity index (χ3n) is 4.72. The first-order valence-electron chi connectivity index (χ1n) is 12.6. The molecule has 1 aliphatic rings. The predicted octanol–water partition coefficient (Wildman–Crippen LogP) is 6.85. The van der Waals surface area contributed by atoms with Gasteiger partial charge in [0.05, 0.1) is 33.0 Å². The van der Waals surface area contributed by atoms with E-state index in [-0.39, 0.29) is 0 Å². The molecule has 1 aliphatic heterocycles. The summed E-state index contributed by atoms with van der Waals surface area (Å²) in [5.74, 6) is 1.66. The summed E-state index contributed by atoms with van der Waals surface area (Å²) in [5.41, 5.74) is 2.44. The minimum Gasteiger partial charge on any atom is -0.454 e. The van der Waals surface area contributed by atoms with E-state index in [1.54, 1.807) is 0 Å². The highest BCUT2D eigenvalue weighted by atomic mass is 27.1. The van der Waals surface area contributed by atoms with Crippen molar-refractivity contribution >= 4 is 15.2 Å². The second-order valence-electron chi connectivity index (χ2n) is 10.7. The van der Waals surface area contributed by atoms with Crippen molar-refractivity contribution in [1.29, 1.82) is 0 Å². The maximum atomic E-state index is 5.75. The van der Waals surface area contributed by atoms with Gasteiger partial charge in [0.2, 0.25) is 22.0 Å². The maximum Gasteiger partial charge on any atom is 0.231 e. The molecule has 0 N–H and O–H groups in total. The van der Waals surface area contributed by atoms with E-state index in [0.717, 1.165) is 43.8 Å². The molecule has 1 aromatic rings. The summed E-state index contributed by atoms with van der Waals surface area (Å²) in [5, 5.41) is 0. The first-order chi connectivity index (χ1) is 15.6. The summed E-state index contributed by atoms with van der Waals surface area (Å²) >= 11 is 0.569. The number of ether oxygens (including phenoxy) is 5. The summed E-state index contributed by atoms with van der Waals surface area (Å²) in [6.07, 6.45) is 4.38. The molecule has 0 saturated carbocycles. The molecule has 0 saturated heterocycles. The van der Waals surface area contributed by atoms with Crippen LogP contribution in [0.1, 0.15) is 85.8 Å². The Bertz CT molecular complexity index is 637. The quantitative estimate of drug-likeness (QED) is 0.229. The lowest BCUT2D eigenvalue weighted by molar-refractivity contribution is 0.0101. The van der Waals surface area contributed by atoms with Gasteiger partial charge in [-0.1, -0.05) is 76.8 Å². The molecule has 0 aromatic heterocycles. The first kappa shape index (κ1) is 30.3. The molecule has 0 spiro atoms. The number of rotatable bonds is 13. The molecule has 1 radical (unpaired) electrons. The third kappa shape index (κ3) is 15.0. The average Bonchev–Trinajstić information content (AvgIpc) is 3.14. The van der Waals surface area contributed by atoms with Crippen LogP contribution in [-0.2, 0) is 27.2 Å². The zero-order valence-electron chi connectivity index (χ0n) is 22.6. The van der Waals surface area contributed by atoms with Gasteiger partial charge in [-0.25, -0.2) is 0 Å². The molecule has 1 heterocycles. The van der Waals surface area contributed by atoms with Crippen LogP contribution in [0.2, 0.25) is 8.55 Å². The van der Waals surface area contributed by atoms with Gasteiger partial charge in [0.15, 0.2) is 11.5 Å². The lowest BCUT2D eigenvalue weighted by Gasteiger charge is -2.26. The number of hydrogen-bond donors (Lipinski definition) is 0. The molecule has 2 rings (SSSR count). The standard InChI is InChI=1S/C19H30O5.2C4H9.Al/c1-3-5-7-20-8-9-21-10-11-22-14-17-13-19-18(23-15-24-19)12-16(17)6-4-2;2*1-4(2)3;/h12-13H,3-11,14-15H2,1-2H3;2*1-3H3;. The molecule has 1 aromatic carbocycles. The van der Waals surface area contributed by atoms with Crippen LogP contribution in [0.3, 0.4) is 0 Å². The van der Waals surface area contributed by atoms with E-state index in [4.69, 9.17) is 23.7 Å². The van der Waals surface area contributed by atoms with Gasteiger partial charge in [0, 0.05) is 6.61 Å². The molecule has 0 atom stereocenters. The molecule has 0 fully saturated rings. The van der Waals surface area contributed by atoms with E-state index in [0.29, 0.717) is 63.6 Å². The van der Waals surface area contributed by atoms with Crippen LogP contribution in [0.5, 0.6) is 11.5 Å². The Kier molecular flexibility index (Phi) is 14.7. The van der Waals surface area contributed by atoms with Crippen molar-refractivity contribution in [2.75, 3.05) is 39.8 Å². The van der Waals surface area contributed by atoms with E-state index in [9.17, 15) is 0 Å². The number of aryl methyl sites for hydroxylation is 1. The monoisotopic (exact) mass is 479 g/mol. The van der Waals surface area contributed by atoms with Crippen LogP contribution in [0.4, 0.5) is 0 Å². The Morgan fingerprint density at radius 3 is 1.73 bits per heavy atom. The molecule has 33 heavy (non-hydrogen) atoms. The zero-order valence-corrected chi connectivity index (χ0v) is 23.7. The number of unbranched alkanes of at least 4 members (excludes halogenated alkanes) is 1. The Morgan fingerprint density at radius 2 is 1.24 bits per heavy atom. The van der Waals surface area contributed by atoms with E-state index in [2.05, 4.69) is 61.5 Å². The molecular formula is C27H48AlO5. The molecular weight excluding hydrogens is 431 g/mol. The molecule has 5 nitrogen and oxygen atoms in total. The molecule has 0 amide bonds. The number of fused-ring (bicyclic) bond motifs is 1. The van der Waals surface area contributed by atoms with Gasteiger partial charge >= 0.3 is 0 Å². The normalized spacial score (nSPS) is 13.0. The van der Waals surface area contributed by atoms with Gasteiger partial charge in [-0.05, 0) is 36.1 Å². The number of hydrogen-bond acceptors (Lipinski definition) is 5. The van der Waals surface area contributed by atoms with Gasteiger partial charge < -0.3 is 23.7 Å². The van der Waals surface area contributed by atoms with Crippen molar-refractivity contribution in [3.05, 3.63) is 23.3 Å². The van der Waals surface area contributed by atoms with Crippen LogP contribution >= 0.6 is 0 Å². The fourth-order valence-corrected chi connectivity index (χ4v) is 6.43. The van der Waals surface area contributed by atoms with E-state index in [1.165, 1.54) is 11.1 Å². The van der Waals surface area contributed by atoms with Gasteiger partial charge in [0.1, 0.15) is 0 Å². The lowest BCUT2D eigenvalue weighted by atomic mass is 10.0. The SMILES string of the molecule is CCCCOCCOCCOCc1cc2c(cc1CCC)OCO2.C[C](C)(C)[Al][C](C)(C)C. The predicted molar refractivity (Wildman–Crippen MR) is 138 cm³/mol. The highest BCUT2D eigenvalue weighted by molar-refractivity contribution is 6.43. The Balaban J connectivity index is 0.000000513. The minimum atomic E-state index is 0.305. The maximum absolute atomic E-state index is 5.75. The van der Waals surface area contributed by atoms with E-state index < -0.39 is 0 Å². The third-order valence-corrected chi connectivity index (χ3v) is 6.46. The first-order valence-corrected chi connectivity index (χ1v) is 13.7. The summed E-state index contributed by atoms with van der Waals surface area (Å²) in [4.78, 5) is 0. The van der Waals surface area contributed by atoms with Crippen LogP contribution in [-0.4, -0.2) is 55.0 Å². The second kappa shape index (κ2) is 16.0. The zero-order chi connectivity index (χ0) is 24.7. The van der Waals surface area contributed by atoms with Gasteiger partial charge in [-0.3, -0.25) is 0 Å². The van der Waals surface area contributed by atoms with Crippen LogP contribution in [0.25, 0.3) is 0 Å². The Morgan fingerprint density at radius 1 is 0.727 bits per heavy atom. The summed E-state index contributed by atoms with van der Waals surface area (Å²) in [6, 6.07) is 4.12. The summed E-state index contributed by atoms with van der Waals surface area (Å²) in [6.45, 7) is 22.4. The largest absolute Gasteiger partial charge is 0.454 e. The molecule has 0 aliphatic carbocycles. The van der Waals surface area contributed by atoms with Gasteiger partial charge in [-0.15, -0.1) is 0 Å². The van der Waals surface area contributed by atoms with Gasteiger partial charge in [-0.2, -0.15) is 0 Å². The highest BCUT2D eigenvalue weighted by Crippen LogP contribution is 2.35. The summed E-state index contributed by atoms with van der Waals surface area (Å²) < 4.78 is 28.7. The Hall–Kier alpha value is -0.768. The second-order valence-corrected chi connectivity index (χ2v) is 14.5. The fourth-order valence-electron chi connectivity index (χ4n) is 3.83. The smallest absolute Gasteiger partial charge is 0.231 e. The van der Waals surface area contributed by atoms with Crippen molar-refractivity contribution < 1.29 is 23.7 Å². The topological polar surface area (TPSA) is 46.2 Å². The van der Waals surface area contributed by atoms with E-state index in [1.807, 2.05) is 6.07 Å². The van der Waals surface area contributed by atoms with E-state index >= 15 is 0 Å². The number of benzene rings is 1. The van der Waals surface area contributed by atoms with Crippen LogP contribution in [0, 0.1) is 0 Å². The molecule has 6 heteroatoms. The van der Waals surface area contributed by atoms with Crippen LogP contribution < -0.4 is 9.47 Å². The van der Waals surface area contributed by atoms with Crippen molar-refractivity contribution in [3.8, 4) is 11.5 Å². The van der Waals surface area contributed by atoms with Crippen LogP contribution in [0.15, 0.2) is 12.1 Å². The van der Waals surface area contributed by atoms with Crippen molar-refractivity contribution in [2.45, 2.75) is 96.2 Å².